The van der Waals surface area contributed by atoms with Gasteiger partial charge in [0.05, 0.1) is 12.6 Å². The average Bonchev–Trinajstić information content (AvgIpc) is 2.77. The zero-order valence-electron chi connectivity index (χ0n) is 19.4. The Morgan fingerprint density at radius 3 is 2.42 bits per heavy atom. The van der Waals surface area contributed by atoms with Gasteiger partial charge in [-0.3, -0.25) is 19.4 Å². The second kappa shape index (κ2) is 11.4. The van der Waals surface area contributed by atoms with Crippen LogP contribution in [0.5, 0.6) is 0 Å². The van der Waals surface area contributed by atoms with Crippen molar-refractivity contribution < 1.29 is 9.59 Å². The molecule has 1 fully saturated rings. The van der Waals surface area contributed by atoms with Gasteiger partial charge in [0.1, 0.15) is 0 Å². The van der Waals surface area contributed by atoms with E-state index in [2.05, 4.69) is 26.5 Å². The molecule has 31 heavy (non-hydrogen) atoms. The molecular weight excluding hydrogens is 388 g/mol. The van der Waals surface area contributed by atoms with Crippen molar-refractivity contribution in [1.29, 1.82) is 0 Å². The number of para-hydroxylation sites is 1. The van der Waals surface area contributed by atoms with Crippen LogP contribution in [-0.2, 0) is 9.59 Å². The smallest absolute Gasteiger partial charge is 0.238 e. The minimum atomic E-state index is -0.133. The quantitative estimate of drug-likeness (QED) is 0.627. The molecule has 1 atom stereocenters. The molecule has 1 aromatic carbocycles. The molecular formula is C25H38N4O2. The van der Waals surface area contributed by atoms with Crippen molar-refractivity contribution in [1.82, 2.24) is 15.1 Å². The molecule has 0 aromatic heterocycles. The van der Waals surface area contributed by atoms with Crippen LogP contribution >= 0.6 is 0 Å². The monoisotopic (exact) mass is 426 g/mol. The summed E-state index contributed by atoms with van der Waals surface area (Å²) in [6.07, 6.45) is 8.27. The van der Waals surface area contributed by atoms with Crippen molar-refractivity contribution in [2.75, 3.05) is 44.6 Å². The van der Waals surface area contributed by atoms with E-state index < -0.39 is 0 Å². The molecule has 6 nitrogen and oxygen atoms in total. The number of nitrogens with one attached hydrogen (secondary N) is 2. The normalized spacial score (nSPS) is 18.9. The lowest BCUT2D eigenvalue weighted by atomic mass is 9.97. The number of hydrogen-bond acceptors (Lipinski definition) is 4. The predicted octanol–water partition coefficient (Wildman–Crippen LogP) is 3.25. The molecule has 2 amide bonds. The molecule has 170 valence electrons. The number of hydrogen-bond donors (Lipinski definition) is 2. The number of anilines is 1. The summed E-state index contributed by atoms with van der Waals surface area (Å²) >= 11 is 0. The van der Waals surface area contributed by atoms with Crippen molar-refractivity contribution in [3.63, 3.8) is 0 Å². The third-order valence-corrected chi connectivity index (χ3v) is 6.58. The van der Waals surface area contributed by atoms with Crippen LogP contribution in [0.2, 0.25) is 0 Å². The summed E-state index contributed by atoms with van der Waals surface area (Å²) in [5.41, 5.74) is 4.57. The summed E-state index contributed by atoms with van der Waals surface area (Å²) in [5, 5.41) is 6.17. The van der Waals surface area contributed by atoms with E-state index in [1.165, 1.54) is 31.3 Å². The molecule has 0 bridgehead atoms. The highest BCUT2D eigenvalue weighted by Gasteiger charge is 2.26. The van der Waals surface area contributed by atoms with Crippen molar-refractivity contribution >= 4 is 17.5 Å². The second-order valence-corrected chi connectivity index (χ2v) is 8.95. The standard InChI is InChI=1S/C25H38N4O2/c1-19-8-7-9-20(2)24(19)27-23(30)18-28-14-16-29(17-15-28)21(3)25(31)26-13-12-22-10-5-4-6-11-22/h7-10,21H,4-6,11-18H2,1-3H3,(H,26,31)(H,27,30)/t21-/m1/s1. The fourth-order valence-electron chi connectivity index (χ4n) is 4.49. The molecule has 0 radical (unpaired) electrons. The Morgan fingerprint density at radius 1 is 1.06 bits per heavy atom. The van der Waals surface area contributed by atoms with E-state index in [1.807, 2.05) is 39.0 Å². The fraction of sp³-hybridized carbons (Fsp3) is 0.600. The van der Waals surface area contributed by atoms with Gasteiger partial charge < -0.3 is 10.6 Å². The molecule has 6 heteroatoms. The van der Waals surface area contributed by atoms with Gasteiger partial charge in [-0.2, -0.15) is 0 Å². The Kier molecular flexibility index (Phi) is 8.67. The molecule has 1 aliphatic carbocycles. The van der Waals surface area contributed by atoms with Crippen LogP contribution in [0.4, 0.5) is 5.69 Å². The maximum Gasteiger partial charge on any atom is 0.238 e. The Bertz CT molecular complexity index is 776. The van der Waals surface area contributed by atoms with Crippen LogP contribution in [0.15, 0.2) is 29.8 Å². The van der Waals surface area contributed by atoms with Gasteiger partial charge in [0, 0.05) is 38.4 Å². The number of nitrogens with zero attached hydrogens (tertiary/aromatic N) is 2. The molecule has 1 aliphatic heterocycles. The maximum atomic E-state index is 12.6. The van der Waals surface area contributed by atoms with E-state index in [4.69, 9.17) is 0 Å². The molecule has 2 N–H and O–H groups in total. The number of carbonyl (C=O) groups is 2. The third kappa shape index (κ3) is 6.91. The Labute approximate surface area is 187 Å². The van der Waals surface area contributed by atoms with Gasteiger partial charge in [0.15, 0.2) is 0 Å². The number of aryl methyl sites for hydroxylation is 2. The first-order chi connectivity index (χ1) is 14.9. The number of allylic oxidation sites excluding steroid dienone is 1. The molecule has 0 spiro atoms. The van der Waals surface area contributed by atoms with Crippen molar-refractivity contribution in [3.05, 3.63) is 41.0 Å². The highest BCUT2D eigenvalue weighted by molar-refractivity contribution is 5.93. The first-order valence-corrected chi connectivity index (χ1v) is 11.7. The SMILES string of the molecule is Cc1cccc(C)c1NC(=O)CN1CCN([C@H](C)C(=O)NCCC2=CCCCC2)CC1. The Balaban J connectivity index is 1.37. The lowest BCUT2D eigenvalue weighted by Crippen LogP contribution is -2.54. The highest BCUT2D eigenvalue weighted by Crippen LogP contribution is 2.20. The van der Waals surface area contributed by atoms with E-state index in [9.17, 15) is 9.59 Å². The van der Waals surface area contributed by atoms with Crippen molar-refractivity contribution in [3.8, 4) is 0 Å². The van der Waals surface area contributed by atoms with Gasteiger partial charge in [0.2, 0.25) is 11.8 Å². The molecule has 0 unspecified atom stereocenters. The van der Waals surface area contributed by atoms with Crippen LogP contribution in [0, 0.1) is 13.8 Å². The van der Waals surface area contributed by atoms with Crippen LogP contribution < -0.4 is 10.6 Å². The third-order valence-electron chi connectivity index (χ3n) is 6.58. The van der Waals surface area contributed by atoms with E-state index in [0.29, 0.717) is 6.54 Å². The molecule has 1 saturated heterocycles. The lowest BCUT2D eigenvalue weighted by molar-refractivity contribution is -0.127. The van der Waals surface area contributed by atoms with E-state index >= 15 is 0 Å². The second-order valence-electron chi connectivity index (χ2n) is 8.95. The number of rotatable bonds is 8. The Hall–Kier alpha value is -2.18. The molecule has 3 rings (SSSR count). The molecule has 0 saturated carbocycles. The van der Waals surface area contributed by atoms with Gasteiger partial charge >= 0.3 is 0 Å². The summed E-state index contributed by atoms with van der Waals surface area (Å²) in [6, 6.07) is 5.90. The van der Waals surface area contributed by atoms with Crippen molar-refractivity contribution in [2.45, 2.75) is 58.9 Å². The average molecular weight is 427 g/mol. The summed E-state index contributed by atoms with van der Waals surface area (Å²) in [5.74, 6) is 0.131. The number of benzene rings is 1. The van der Waals surface area contributed by atoms with Crippen LogP contribution in [0.1, 0.15) is 50.2 Å². The van der Waals surface area contributed by atoms with Gasteiger partial charge in [-0.25, -0.2) is 0 Å². The van der Waals surface area contributed by atoms with Crippen LogP contribution in [0.25, 0.3) is 0 Å². The van der Waals surface area contributed by atoms with E-state index in [0.717, 1.165) is 56.0 Å². The fourth-order valence-corrected chi connectivity index (χ4v) is 4.49. The zero-order chi connectivity index (χ0) is 22.2. The summed E-state index contributed by atoms with van der Waals surface area (Å²) in [6.45, 7) is 10.3. The first-order valence-electron chi connectivity index (χ1n) is 11.7. The van der Waals surface area contributed by atoms with Crippen LogP contribution in [-0.4, -0.2) is 66.9 Å². The zero-order valence-corrected chi connectivity index (χ0v) is 19.4. The largest absolute Gasteiger partial charge is 0.354 e. The topological polar surface area (TPSA) is 64.7 Å². The van der Waals surface area contributed by atoms with Gasteiger partial charge in [-0.15, -0.1) is 0 Å². The van der Waals surface area contributed by atoms with E-state index in [-0.39, 0.29) is 17.9 Å². The molecule has 2 aliphatic rings. The summed E-state index contributed by atoms with van der Waals surface area (Å²) < 4.78 is 0. The number of amides is 2. The van der Waals surface area contributed by atoms with Crippen molar-refractivity contribution in [2.24, 2.45) is 0 Å². The summed E-state index contributed by atoms with van der Waals surface area (Å²) in [7, 11) is 0. The first kappa shape index (κ1) is 23.5. The minimum Gasteiger partial charge on any atom is -0.354 e. The number of carbonyl (C=O) groups excluding carboxylic acids is 2. The number of piperazine rings is 1. The Morgan fingerprint density at radius 2 is 1.77 bits per heavy atom. The van der Waals surface area contributed by atoms with Crippen LogP contribution in [0.3, 0.4) is 0 Å². The predicted molar refractivity (Wildman–Crippen MR) is 126 cm³/mol. The lowest BCUT2D eigenvalue weighted by Gasteiger charge is -2.37. The summed E-state index contributed by atoms with van der Waals surface area (Å²) in [4.78, 5) is 29.5. The van der Waals surface area contributed by atoms with Gasteiger partial charge in [-0.1, -0.05) is 29.8 Å². The highest BCUT2D eigenvalue weighted by atomic mass is 16.2. The van der Waals surface area contributed by atoms with E-state index in [1.54, 1.807) is 0 Å². The van der Waals surface area contributed by atoms with Gasteiger partial charge in [0.25, 0.3) is 0 Å². The van der Waals surface area contributed by atoms with Gasteiger partial charge in [-0.05, 0) is 64.0 Å². The maximum absolute atomic E-state index is 12.6. The molecule has 1 heterocycles. The molecule has 1 aromatic rings. The minimum absolute atomic E-state index is 0.0219.